The second-order valence-electron chi connectivity index (χ2n) is 7.92. The van der Waals surface area contributed by atoms with Gasteiger partial charge in [0.1, 0.15) is 5.82 Å². The molecule has 4 nitrogen and oxygen atoms in total. The number of rotatable bonds is 3. The van der Waals surface area contributed by atoms with Crippen molar-refractivity contribution in [2.24, 2.45) is 0 Å². The van der Waals surface area contributed by atoms with Crippen molar-refractivity contribution in [3.05, 3.63) is 112 Å². The van der Waals surface area contributed by atoms with Crippen LogP contribution in [0, 0.1) is 5.82 Å². The smallest absolute Gasteiger partial charge is 0.341 e. The van der Waals surface area contributed by atoms with Gasteiger partial charge in [-0.15, -0.1) is 0 Å². The molecule has 1 unspecified atom stereocenters. The van der Waals surface area contributed by atoms with Crippen LogP contribution < -0.4 is 10.6 Å². The van der Waals surface area contributed by atoms with Gasteiger partial charge in [0.2, 0.25) is 0 Å². The van der Waals surface area contributed by atoms with Crippen molar-refractivity contribution < 1.29 is 27.2 Å². The molecule has 2 amide bonds. The van der Waals surface area contributed by atoms with Gasteiger partial charge >= 0.3 is 6.18 Å². The number of anilines is 1. The molecule has 170 valence electrons. The SMILES string of the molecule is O=C(Nc1cccc2c1C(c1cccc3ccccc13)NC2=O)c1cc(F)cc(C(F)(F)F)c1. The molecule has 0 bridgehead atoms. The van der Waals surface area contributed by atoms with Crippen molar-refractivity contribution in [1.82, 2.24) is 5.32 Å². The van der Waals surface area contributed by atoms with Crippen LogP contribution >= 0.6 is 0 Å². The summed E-state index contributed by atoms with van der Waals surface area (Å²) in [6.07, 6.45) is -4.80. The third kappa shape index (κ3) is 3.77. The molecule has 0 aliphatic carbocycles. The van der Waals surface area contributed by atoms with Crippen molar-refractivity contribution in [3.63, 3.8) is 0 Å². The predicted molar refractivity (Wildman–Crippen MR) is 119 cm³/mol. The molecule has 1 heterocycles. The molecule has 0 spiro atoms. The highest BCUT2D eigenvalue weighted by Gasteiger charge is 2.34. The summed E-state index contributed by atoms with van der Waals surface area (Å²) >= 11 is 0. The maximum absolute atomic E-state index is 13.8. The average molecular weight is 464 g/mol. The first-order valence-electron chi connectivity index (χ1n) is 10.3. The number of halogens is 4. The Kier molecular flexibility index (Phi) is 5.08. The van der Waals surface area contributed by atoms with Crippen molar-refractivity contribution in [3.8, 4) is 0 Å². The zero-order valence-electron chi connectivity index (χ0n) is 17.4. The molecule has 5 rings (SSSR count). The second-order valence-corrected chi connectivity index (χ2v) is 7.92. The zero-order valence-corrected chi connectivity index (χ0v) is 17.4. The third-order valence-electron chi connectivity index (χ3n) is 5.78. The first-order chi connectivity index (χ1) is 16.2. The maximum Gasteiger partial charge on any atom is 0.416 e. The molecule has 8 heteroatoms. The van der Waals surface area contributed by atoms with Crippen LogP contribution in [0.1, 0.15) is 43.4 Å². The number of carbonyl (C=O) groups is 2. The summed E-state index contributed by atoms with van der Waals surface area (Å²) in [7, 11) is 0. The van der Waals surface area contributed by atoms with Crippen molar-refractivity contribution in [1.29, 1.82) is 0 Å². The number of nitrogens with one attached hydrogen (secondary N) is 2. The molecule has 2 N–H and O–H groups in total. The Bertz CT molecular complexity index is 1460. The van der Waals surface area contributed by atoms with Gasteiger partial charge in [0, 0.05) is 22.4 Å². The molecule has 4 aromatic carbocycles. The largest absolute Gasteiger partial charge is 0.416 e. The van der Waals surface area contributed by atoms with E-state index >= 15 is 0 Å². The van der Waals surface area contributed by atoms with E-state index in [-0.39, 0.29) is 11.6 Å². The lowest BCUT2D eigenvalue weighted by molar-refractivity contribution is -0.137. The fourth-order valence-corrected chi connectivity index (χ4v) is 4.28. The van der Waals surface area contributed by atoms with E-state index in [4.69, 9.17) is 0 Å². The summed E-state index contributed by atoms with van der Waals surface area (Å²) in [5.41, 5.74) is 0.134. The van der Waals surface area contributed by atoms with Gasteiger partial charge in [-0.2, -0.15) is 13.2 Å². The van der Waals surface area contributed by atoms with E-state index in [0.717, 1.165) is 22.4 Å². The highest BCUT2D eigenvalue weighted by atomic mass is 19.4. The monoisotopic (exact) mass is 464 g/mol. The standard InChI is InChI=1S/C26H16F4N2O2/c27-17-12-15(11-16(13-17)26(28,29)30)24(33)31-21-10-4-9-20-22(21)23(32-25(20)34)19-8-3-6-14-5-1-2-7-18(14)19/h1-13,23H,(H,31,33)(H,32,34). The molecule has 34 heavy (non-hydrogen) atoms. The predicted octanol–water partition coefficient (Wildman–Crippen LogP) is 6.08. The summed E-state index contributed by atoms with van der Waals surface area (Å²) in [6, 6.07) is 19.1. The van der Waals surface area contributed by atoms with E-state index in [9.17, 15) is 27.2 Å². The maximum atomic E-state index is 13.8. The summed E-state index contributed by atoms with van der Waals surface area (Å²) in [5, 5.41) is 7.36. The molecular weight excluding hydrogens is 448 g/mol. The Labute approximate surface area is 191 Å². The van der Waals surface area contributed by atoms with E-state index in [0.29, 0.717) is 23.3 Å². The minimum absolute atomic E-state index is 0.247. The Hall–Kier alpha value is -4.20. The van der Waals surface area contributed by atoms with E-state index in [1.807, 2.05) is 42.5 Å². The van der Waals surface area contributed by atoms with Gasteiger partial charge in [0.05, 0.1) is 11.6 Å². The number of benzene rings is 4. The molecule has 4 aromatic rings. The molecular formula is C26H16F4N2O2. The van der Waals surface area contributed by atoms with Crippen LogP contribution in [0.25, 0.3) is 10.8 Å². The third-order valence-corrected chi connectivity index (χ3v) is 5.78. The molecule has 1 atom stereocenters. The Morgan fingerprint density at radius 1 is 0.912 bits per heavy atom. The molecule has 1 aliphatic heterocycles. The normalized spacial score (nSPS) is 15.2. The fourth-order valence-electron chi connectivity index (χ4n) is 4.28. The molecule has 0 radical (unpaired) electrons. The van der Waals surface area contributed by atoms with Gasteiger partial charge in [-0.3, -0.25) is 9.59 Å². The average Bonchev–Trinajstić information content (AvgIpc) is 3.15. The topological polar surface area (TPSA) is 58.2 Å². The Morgan fingerprint density at radius 3 is 2.44 bits per heavy atom. The van der Waals surface area contributed by atoms with Crippen molar-refractivity contribution >= 4 is 28.3 Å². The van der Waals surface area contributed by atoms with E-state index in [2.05, 4.69) is 10.6 Å². The van der Waals surface area contributed by atoms with E-state index in [1.165, 1.54) is 0 Å². The van der Waals surface area contributed by atoms with Gasteiger partial charge < -0.3 is 10.6 Å². The molecule has 0 fully saturated rings. The number of hydrogen-bond acceptors (Lipinski definition) is 2. The second kappa shape index (κ2) is 7.98. The van der Waals surface area contributed by atoms with Gasteiger partial charge in [0.15, 0.2) is 0 Å². The lowest BCUT2D eigenvalue weighted by Gasteiger charge is -2.18. The van der Waals surface area contributed by atoms with Crippen LogP contribution in [-0.4, -0.2) is 11.8 Å². The lowest BCUT2D eigenvalue weighted by Crippen LogP contribution is -2.21. The highest BCUT2D eigenvalue weighted by Crippen LogP contribution is 2.39. The molecule has 0 saturated heterocycles. The van der Waals surface area contributed by atoms with Crippen LogP contribution in [0.15, 0.2) is 78.9 Å². The number of fused-ring (bicyclic) bond motifs is 2. The highest BCUT2D eigenvalue weighted by molar-refractivity contribution is 6.08. The minimum Gasteiger partial charge on any atom is -0.341 e. The summed E-state index contributed by atoms with van der Waals surface area (Å²) in [6.45, 7) is 0. The number of carbonyl (C=O) groups excluding carboxylic acids is 2. The molecule has 1 aliphatic rings. The number of hydrogen-bond donors (Lipinski definition) is 2. The van der Waals surface area contributed by atoms with Crippen molar-refractivity contribution in [2.45, 2.75) is 12.2 Å². The van der Waals surface area contributed by atoms with Crippen LogP contribution in [0.2, 0.25) is 0 Å². The van der Waals surface area contributed by atoms with Gasteiger partial charge in [-0.05, 0) is 46.7 Å². The summed E-state index contributed by atoms with van der Waals surface area (Å²) in [4.78, 5) is 25.5. The van der Waals surface area contributed by atoms with Gasteiger partial charge in [-0.1, -0.05) is 48.5 Å². The summed E-state index contributed by atoms with van der Waals surface area (Å²) < 4.78 is 53.1. The van der Waals surface area contributed by atoms with Crippen LogP contribution in [0.5, 0.6) is 0 Å². The minimum atomic E-state index is -4.80. The number of amides is 2. The van der Waals surface area contributed by atoms with Crippen molar-refractivity contribution in [2.75, 3.05) is 5.32 Å². The van der Waals surface area contributed by atoms with Gasteiger partial charge in [0.25, 0.3) is 11.8 Å². The zero-order chi connectivity index (χ0) is 24.0. The lowest BCUT2D eigenvalue weighted by atomic mass is 9.92. The number of alkyl halides is 3. The first kappa shape index (κ1) is 21.6. The van der Waals surface area contributed by atoms with E-state index < -0.39 is 35.1 Å². The Morgan fingerprint density at radius 2 is 1.65 bits per heavy atom. The first-order valence-corrected chi connectivity index (χ1v) is 10.3. The van der Waals surface area contributed by atoms with Crippen LogP contribution in [0.3, 0.4) is 0 Å². The Balaban J connectivity index is 1.57. The van der Waals surface area contributed by atoms with Crippen LogP contribution in [-0.2, 0) is 6.18 Å². The molecule has 0 saturated carbocycles. The fraction of sp³-hybridized carbons (Fsp3) is 0.0769. The quantitative estimate of drug-likeness (QED) is 0.361. The van der Waals surface area contributed by atoms with E-state index in [1.54, 1.807) is 18.2 Å². The summed E-state index contributed by atoms with van der Waals surface area (Å²) in [5.74, 6) is -2.44. The van der Waals surface area contributed by atoms with Crippen LogP contribution in [0.4, 0.5) is 23.2 Å². The van der Waals surface area contributed by atoms with Gasteiger partial charge in [-0.25, -0.2) is 4.39 Å². The molecule has 0 aromatic heterocycles.